The summed E-state index contributed by atoms with van der Waals surface area (Å²) >= 11 is 6.08. The zero-order valence-electron chi connectivity index (χ0n) is 18.0. The number of benzene rings is 1. The number of Topliss-reactive ketones (excluding diaryl/α,β-unsaturated/α-hetero) is 1. The standard InChI is InChI=1S/C23H26ClNO6/c1-13(2)30-11-5-10-25-20(17-9-6-14(3)31-17)19(22(27)23(25)28)21(26)15-7-8-16(24)18(12-15)29-4/h6-9,12-13,20,26H,5,10-11H2,1-4H3/b21-19-. The largest absolute Gasteiger partial charge is 0.507 e. The minimum absolute atomic E-state index is 0.0338. The number of hydrogen-bond donors (Lipinski definition) is 1. The highest BCUT2D eigenvalue weighted by Crippen LogP contribution is 2.40. The first-order valence-corrected chi connectivity index (χ1v) is 10.4. The molecule has 0 bridgehead atoms. The normalized spacial score (nSPS) is 18.3. The molecule has 1 aliphatic heterocycles. The van der Waals surface area contributed by atoms with Crippen molar-refractivity contribution in [2.45, 2.75) is 39.3 Å². The number of carbonyl (C=O) groups excluding carboxylic acids is 2. The predicted octanol–water partition coefficient (Wildman–Crippen LogP) is 4.49. The van der Waals surface area contributed by atoms with E-state index in [2.05, 4.69) is 0 Å². The van der Waals surface area contributed by atoms with Gasteiger partial charge in [0.2, 0.25) is 0 Å². The van der Waals surface area contributed by atoms with Gasteiger partial charge in [-0.3, -0.25) is 9.59 Å². The lowest BCUT2D eigenvalue weighted by Crippen LogP contribution is -2.31. The molecule has 7 nitrogen and oxygen atoms in total. The Morgan fingerprint density at radius 3 is 2.61 bits per heavy atom. The molecule has 0 aliphatic carbocycles. The van der Waals surface area contributed by atoms with Crippen molar-refractivity contribution in [2.24, 2.45) is 0 Å². The van der Waals surface area contributed by atoms with Crippen LogP contribution in [-0.4, -0.2) is 48.1 Å². The maximum atomic E-state index is 12.9. The molecule has 1 unspecified atom stereocenters. The zero-order chi connectivity index (χ0) is 22.7. The van der Waals surface area contributed by atoms with E-state index >= 15 is 0 Å². The highest BCUT2D eigenvalue weighted by molar-refractivity contribution is 6.46. The Balaban J connectivity index is 2.03. The summed E-state index contributed by atoms with van der Waals surface area (Å²) in [6, 6.07) is 7.26. The molecule has 1 N–H and O–H groups in total. The average molecular weight is 448 g/mol. The molecular weight excluding hydrogens is 422 g/mol. The molecule has 1 aromatic carbocycles. The summed E-state index contributed by atoms with van der Waals surface area (Å²) in [6.07, 6.45) is 0.606. The number of amides is 1. The van der Waals surface area contributed by atoms with Crippen molar-refractivity contribution in [2.75, 3.05) is 20.3 Å². The van der Waals surface area contributed by atoms with Crippen LogP contribution in [-0.2, 0) is 14.3 Å². The van der Waals surface area contributed by atoms with Crippen molar-refractivity contribution in [3.63, 3.8) is 0 Å². The summed E-state index contributed by atoms with van der Waals surface area (Å²) in [5.41, 5.74) is 0.282. The quantitative estimate of drug-likeness (QED) is 0.277. The van der Waals surface area contributed by atoms with Crippen LogP contribution in [0.3, 0.4) is 0 Å². The lowest BCUT2D eigenvalue weighted by molar-refractivity contribution is -0.140. The minimum atomic E-state index is -0.838. The number of methoxy groups -OCH3 is 1. The molecule has 1 saturated heterocycles. The van der Waals surface area contributed by atoms with Crippen LogP contribution in [0.1, 0.15) is 43.4 Å². The Labute approximate surface area is 186 Å². The van der Waals surface area contributed by atoms with E-state index in [0.29, 0.717) is 40.9 Å². The van der Waals surface area contributed by atoms with Gasteiger partial charge < -0.3 is 23.9 Å². The molecule has 1 atom stereocenters. The number of hydrogen-bond acceptors (Lipinski definition) is 6. The van der Waals surface area contributed by atoms with Gasteiger partial charge in [-0.05, 0) is 57.5 Å². The third-order valence-electron chi connectivity index (χ3n) is 4.99. The lowest BCUT2D eigenvalue weighted by atomic mass is 9.99. The zero-order valence-corrected chi connectivity index (χ0v) is 18.7. The maximum Gasteiger partial charge on any atom is 0.295 e. The number of ether oxygens (including phenoxy) is 2. The molecular formula is C23H26ClNO6. The minimum Gasteiger partial charge on any atom is -0.507 e. The van der Waals surface area contributed by atoms with Gasteiger partial charge in [0.1, 0.15) is 29.1 Å². The molecule has 1 amide bonds. The van der Waals surface area contributed by atoms with Crippen LogP contribution in [0, 0.1) is 6.92 Å². The van der Waals surface area contributed by atoms with Gasteiger partial charge in [0.15, 0.2) is 0 Å². The van der Waals surface area contributed by atoms with Crippen LogP contribution in [0.4, 0.5) is 0 Å². The molecule has 1 aliphatic rings. The number of carbonyl (C=O) groups is 2. The monoisotopic (exact) mass is 447 g/mol. The summed E-state index contributed by atoms with van der Waals surface area (Å²) < 4.78 is 16.5. The number of aliphatic hydroxyl groups is 1. The van der Waals surface area contributed by atoms with Crippen molar-refractivity contribution in [3.05, 3.63) is 58.0 Å². The number of halogens is 1. The van der Waals surface area contributed by atoms with E-state index in [-0.39, 0.29) is 24.0 Å². The van der Waals surface area contributed by atoms with Gasteiger partial charge >= 0.3 is 0 Å². The number of ketones is 1. The summed E-state index contributed by atoms with van der Waals surface area (Å²) in [5, 5.41) is 11.4. The third-order valence-corrected chi connectivity index (χ3v) is 5.30. The van der Waals surface area contributed by atoms with Gasteiger partial charge in [0.05, 0.1) is 23.8 Å². The lowest BCUT2D eigenvalue weighted by Gasteiger charge is -2.23. The number of aliphatic hydroxyl groups excluding tert-OH is 1. The molecule has 1 aromatic heterocycles. The molecule has 31 heavy (non-hydrogen) atoms. The number of nitrogens with zero attached hydrogens (tertiary/aromatic N) is 1. The highest BCUT2D eigenvalue weighted by Gasteiger charge is 2.47. The van der Waals surface area contributed by atoms with Crippen molar-refractivity contribution in [3.8, 4) is 5.75 Å². The summed E-state index contributed by atoms with van der Waals surface area (Å²) in [7, 11) is 1.45. The van der Waals surface area contributed by atoms with Crippen LogP contribution >= 0.6 is 11.6 Å². The fourth-order valence-electron chi connectivity index (χ4n) is 3.52. The number of likely N-dealkylation sites (tertiary alicyclic amines) is 1. The summed E-state index contributed by atoms with van der Waals surface area (Å²) in [5.74, 6) is -0.383. The Bertz CT molecular complexity index is 1010. The number of furan rings is 1. The van der Waals surface area contributed by atoms with Crippen molar-refractivity contribution in [1.82, 2.24) is 4.90 Å². The van der Waals surface area contributed by atoms with Crippen LogP contribution in [0.25, 0.3) is 5.76 Å². The second kappa shape index (κ2) is 9.58. The van der Waals surface area contributed by atoms with E-state index in [1.807, 2.05) is 13.8 Å². The highest BCUT2D eigenvalue weighted by atomic mass is 35.5. The Morgan fingerprint density at radius 2 is 2.00 bits per heavy atom. The van der Waals surface area contributed by atoms with E-state index in [4.69, 9.17) is 25.5 Å². The fourth-order valence-corrected chi connectivity index (χ4v) is 3.72. The van der Waals surface area contributed by atoms with Crippen molar-refractivity contribution >= 4 is 29.1 Å². The van der Waals surface area contributed by atoms with Gasteiger partial charge in [-0.25, -0.2) is 0 Å². The first-order chi connectivity index (χ1) is 14.7. The van der Waals surface area contributed by atoms with Crippen LogP contribution in [0.2, 0.25) is 5.02 Å². The average Bonchev–Trinajstić information content (AvgIpc) is 3.26. The SMILES string of the molecule is COc1cc(/C(O)=C2/C(=O)C(=O)N(CCCOC(C)C)C2c2ccc(C)o2)ccc1Cl. The van der Waals surface area contributed by atoms with E-state index < -0.39 is 17.7 Å². The van der Waals surface area contributed by atoms with Gasteiger partial charge in [-0.2, -0.15) is 0 Å². The van der Waals surface area contributed by atoms with Gasteiger partial charge in [0, 0.05) is 18.7 Å². The molecule has 2 aromatic rings. The molecule has 8 heteroatoms. The Kier molecular flexibility index (Phi) is 7.08. The Morgan fingerprint density at radius 1 is 1.26 bits per heavy atom. The topological polar surface area (TPSA) is 89.2 Å². The fraction of sp³-hybridized carbons (Fsp3) is 0.391. The van der Waals surface area contributed by atoms with Crippen molar-refractivity contribution < 1.29 is 28.6 Å². The third kappa shape index (κ3) is 4.78. The van der Waals surface area contributed by atoms with Gasteiger partial charge in [0.25, 0.3) is 11.7 Å². The molecule has 3 rings (SSSR count). The predicted molar refractivity (Wildman–Crippen MR) is 116 cm³/mol. The summed E-state index contributed by atoms with van der Waals surface area (Å²) in [6.45, 7) is 6.36. The molecule has 0 spiro atoms. The molecule has 2 heterocycles. The molecule has 0 saturated carbocycles. The van der Waals surface area contributed by atoms with Crippen LogP contribution in [0.5, 0.6) is 5.75 Å². The van der Waals surface area contributed by atoms with E-state index in [0.717, 1.165) is 0 Å². The van der Waals surface area contributed by atoms with E-state index in [9.17, 15) is 14.7 Å². The van der Waals surface area contributed by atoms with Crippen LogP contribution < -0.4 is 4.74 Å². The van der Waals surface area contributed by atoms with Gasteiger partial charge in [-0.1, -0.05) is 11.6 Å². The maximum absolute atomic E-state index is 12.9. The van der Waals surface area contributed by atoms with Crippen LogP contribution in [0.15, 0.2) is 40.3 Å². The van der Waals surface area contributed by atoms with Gasteiger partial charge in [-0.15, -0.1) is 0 Å². The Hall–Kier alpha value is -2.77. The van der Waals surface area contributed by atoms with E-state index in [1.165, 1.54) is 18.1 Å². The molecule has 1 fully saturated rings. The number of rotatable bonds is 8. The van der Waals surface area contributed by atoms with Crippen molar-refractivity contribution in [1.29, 1.82) is 0 Å². The summed E-state index contributed by atoms with van der Waals surface area (Å²) in [4.78, 5) is 27.2. The second-order valence-corrected chi connectivity index (χ2v) is 7.97. The first kappa shape index (κ1) is 22.9. The van der Waals surface area contributed by atoms with E-state index in [1.54, 1.807) is 31.2 Å². The molecule has 0 radical (unpaired) electrons. The first-order valence-electron chi connectivity index (χ1n) is 10.0. The smallest absolute Gasteiger partial charge is 0.295 e. The molecule has 166 valence electrons. The second-order valence-electron chi connectivity index (χ2n) is 7.56. The number of aryl methyl sites for hydroxylation is 1.